The lowest BCUT2D eigenvalue weighted by Crippen LogP contribution is -2.31. The molecule has 0 saturated carbocycles. The van der Waals surface area contributed by atoms with Crippen molar-refractivity contribution >= 4 is 5.91 Å². The van der Waals surface area contributed by atoms with Gasteiger partial charge in [-0.2, -0.15) is 5.10 Å². The number of hydrogen-bond acceptors (Lipinski definition) is 4. The van der Waals surface area contributed by atoms with Gasteiger partial charge in [0.05, 0.1) is 17.8 Å². The molecule has 0 aliphatic heterocycles. The number of nitrogens with zero attached hydrogens (tertiary/aromatic N) is 3. The third-order valence-electron chi connectivity index (χ3n) is 4.56. The zero-order valence-corrected chi connectivity index (χ0v) is 13.7. The van der Waals surface area contributed by atoms with Crippen LogP contribution in [0.2, 0.25) is 0 Å². The molecule has 7 heteroatoms. The molecule has 2 aromatic heterocycles. The summed E-state index contributed by atoms with van der Waals surface area (Å²) in [5, 5.41) is 11.0. The molecule has 1 N–H and O–H groups in total. The van der Waals surface area contributed by atoms with Crippen molar-refractivity contribution in [2.45, 2.75) is 25.3 Å². The number of nitrogens with one attached hydrogen (secondary N) is 1. The molecule has 1 atom stereocenters. The van der Waals surface area contributed by atoms with Crippen LogP contribution in [0.3, 0.4) is 0 Å². The van der Waals surface area contributed by atoms with Gasteiger partial charge in [-0.3, -0.25) is 9.48 Å². The molecule has 128 valence electrons. The van der Waals surface area contributed by atoms with Crippen LogP contribution in [0.5, 0.6) is 0 Å². The molecule has 6 nitrogen and oxygen atoms in total. The topological polar surface area (TPSA) is 73.0 Å². The van der Waals surface area contributed by atoms with Gasteiger partial charge in [-0.25, -0.2) is 4.39 Å². The molecule has 1 aliphatic carbocycles. The lowest BCUT2D eigenvalue weighted by atomic mass is 9.93. The van der Waals surface area contributed by atoms with Crippen molar-refractivity contribution in [2.75, 3.05) is 0 Å². The Morgan fingerprint density at radius 2 is 2.24 bits per heavy atom. The highest BCUT2D eigenvalue weighted by Gasteiger charge is 2.26. The van der Waals surface area contributed by atoms with Gasteiger partial charge >= 0.3 is 0 Å². The van der Waals surface area contributed by atoms with Crippen LogP contribution >= 0.6 is 0 Å². The van der Waals surface area contributed by atoms with E-state index in [0.29, 0.717) is 0 Å². The van der Waals surface area contributed by atoms with Gasteiger partial charge in [-0.15, -0.1) is 0 Å². The highest BCUT2D eigenvalue weighted by atomic mass is 19.1. The summed E-state index contributed by atoms with van der Waals surface area (Å²) in [6.07, 6.45) is 4.59. The number of halogens is 1. The zero-order chi connectivity index (χ0) is 17.4. The van der Waals surface area contributed by atoms with Gasteiger partial charge in [-0.1, -0.05) is 17.3 Å². The number of aromatic nitrogens is 3. The molecular weight excluding hydrogens is 323 g/mol. The van der Waals surface area contributed by atoms with E-state index in [4.69, 9.17) is 4.52 Å². The quantitative estimate of drug-likeness (QED) is 0.795. The Bertz CT molecular complexity index is 931. The second kappa shape index (κ2) is 6.16. The molecule has 25 heavy (non-hydrogen) atoms. The molecule has 1 aliphatic rings. The predicted octanol–water partition coefficient (Wildman–Crippen LogP) is 3.02. The maximum absolute atomic E-state index is 13.8. The number of amides is 1. The monoisotopic (exact) mass is 340 g/mol. The minimum absolute atomic E-state index is 0.0986. The van der Waals surface area contributed by atoms with Crippen LogP contribution in [0, 0.1) is 5.82 Å². The SMILES string of the molecule is Cn1ncc2c1CCCC2NC(=O)c1cc(-c2ccccc2F)on1. The van der Waals surface area contributed by atoms with Gasteiger partial charge in [0.15, 0.2) is 11.5 Å². The van der Waals surface area contributed by atoms with Crippen molar-refractivity contribution in [3.05, 3.63) is 59.3 Å². The minimum Gasteiger partial charge on any atom is -0.355 e. The summed E-state index contributed by atoms with van der Waals surface area (Å²) >= 11 is 0. The Kier molecular flexibility index (Phi) is 3.83. The summed E-state index contributed by atoms with van der Waals surface area (Å²) < 4.78 is 20.8. The van der Waals surface area contributed by atoms with E-state index in [2.05, 4.69) is 15.6 Å². The largest absolute Gasteiger partial charge is 0.355 e. The first-order chi connectivity index (χ1) is 12.1. The van der Waals surface area contributed by atoms with Crippen molar-refractivity contribution in [1.29, 1.82) is 0 Å². The molecule has 3 aromatic rings. The van der Waals surface area contributed by atoms with Gasteiger partial charge < -0.3 is 9.84 Å². The van der Waals surface area contributed by atoms with Crippen LogP contribution in [0.1, 0.15) is 40.6 Å². The number of hydrogen-bond donors (Lipinski definition) is 1. The molecular formula is C18H17FN4O2. The molecule has 0 spiro atoms. The van der Waals surface area contributed by atoms with E-state index in [0.717, 1.165) is 30.5 Å². The number of aryl methyl sites for hydroxylation is 1. The molecule has 1 amide bonds. The van der Waals surface area contributed by atoms with Gasteiger partial charge in [0.2, 0.25) is 0 Å². The third-order valence-corrected chi connectivity index (χ3v) is 4.56. The second-order valence-corrected chi connectivity index (χ2v) is 6.14. The summed E-state index contributed by atoms with van der Waals surface area (Å²) in [4.78, 5) is 12.5. The number of carbonyl (C=O) groups excluding carboxylic acids is 1. The van der Waals surface area contributed by atoms with Gasteiger partial charge in [0.25, 0.3) is 5.91 Å². The Hall–Kier alpha value is -2.96. The van der Waals surface area contributed by atoms with Gasteiger partial charge in [-0.05, 0) is 31.4 Å². The van der Waals surface area contributed by atoms with Crippen LogP contribution in [0.15, 0.2) is 41.1 Å². The normalized spacial score (nSPS) is 16.5. The highest BCUT2D eigenvalue weighted by molar-refractivity contribution is 5.93. The summed E-state index contributed by atoms with van der Waals surface area (Å²) in [5.41, 5.74) is 2.60. The fourth-order valence-corrected chi connectivity index (χ4v) is 3.26. The summed E-state index contributed by atoms with van der Waals surface area (Å²) in [6.45, 7) is 0. The highest BCUT2D eigenvalue weighted by Crippen LogP contribution is 2.29. The Morgan fingerprint density at radius 3 is 3.08 bits per heavy atom. The van der Waals surface area contributed by atoms with Gasteiger partial charge in [0, 0.05) is 24.4 Å². The average molecular weight is 340 g/mol. The minimum atomic E-state index is -0.419. The predicted molar refractivity (Wildman–Crippen MR) is 88.3 cm³/mol. The second-order valence-electron chi connectivity index (χ2n) is 6.14. The molecule has 2 heterocycles. The van der Waals surface area contributed by atoms with Crippen molar-refractivity contribution in [3.63, 3.8) is 0 Å². The third kappa shape index (κ3) is 2.82. The Morgan fingerprint density at radius 1 is 1.40 bits per heavy atom. The Balaban J connectivity index is 1.54. The van der Waals surface area contributed by atoms with Crippen LogP contribution in [0.4, 0.5) is 4.39 Å². The number of fused-ring (bicyclic) bond motifs is 1. The van der Waals surface area contributed by atoms with Crippen molar-refractivity contribution in [2.24, 2.45) is 7.05 Å². The molecule has 0 saturated heterocycles. The first kappa shape index (κ1) is 15.6. The van der Waals surface area contributed by atoms with Crippen molar-refractivity contribution in [3.8, 4) is 11.3 Å². The van der Waals surface area contributed by atoms with Crippen LogP contribution in [0.25, 0.3) is 11.3 Å². The lowest BCUT2D eigenvalue weighted by molar-refractivity contribution is 0.0923. The van der Waals surface area contributed by atoms with Crippen LogP contribution in [-0.2, 0) is 13.5 Å². The maximum atomic E-state index is 13.8. The van der Waals surface area contributed by atoms with E-state index in [1.807, 2.05) is 11.7 Å². The molecule has 4 rings (SSSR count). The number of carbonyl (C=O) groups is 1. The summed E-state index contributed by atoms with van der Waals surface area (Å²) in [5.74, 6) is -0.528. The molecule has 0 bridgehead atoms. The molecule has 1 unspecified atom stereocenters. The summed E-state index contributed by atoms with van der Waals surface area (Å²) in [6, 6.07) is 7.58. The van der Waals surface area contributed by atoms with Crippen LogP contribution in [-0.4, -0.2) is 20.8 Å². The van der Waals surface area contributed by atoms with E-state index in [-0.39, 0.29) is 29.0 Å². The first-order valence-electron chi connectivity index (χ1n) is 8.16. The molecule has 1 aromatic carbocycles. The number of benzene rings is 1. The Labute approximate surface area is 143 Å². The van der Waals surface area contributed by atoms with E-state index in [1.54, 1.807) is 24.4 Å². The van der Waals surface area contributed by atoms with E-state index < -0.39 is 5.82 Å². The number of rotatable bonds is 3. The van der Waals surface area contributed by atoms with Crippen molar-refractivity contribution < 1.29 is 13.7 Å². The molecule has 0 fully saturated rings. The fraction of sp³-hybridized carbons (Fsp3) is 0.278. The molecule has 0 radical (unpaired) electrons. The lowest BCUT2D eigenvalue weighted by Gasteiger charge is -2.23. The van der Waals surface area contributed by atoms with E-state index >= 15 is 0 Å². The van der Waals surface area contributed by atoms with Gasteiger partial charge in [0.1, 0.15) is 5.82 Å². The standard InChI is InChI=1S/C18H17FN4O2/c1-23-16-8-4-7-14(12(16)10-20-23)21-18(24)15-9-17(25-22-15)11-5-2-3-6-13(11)19/h2-3,5-6,9-10,14H,4,7-8H2,1H3,(H,21,24). The fourth-order valence-electron chi connectivity index (χ4n) is 3.26. The smallest absolute Gasteiger partial charge is 0.273 e. The summed E-state index contributed by atoms with van der Waals surface area (Å²) in [7, 11) is 1.90. The van der Waals surface area contributed by atoms with E-state index in [9.17, 15) is 9.18 Å². The maximum Gasteiger partial charge on any atom is 0.273 e. The van der Waals surface area contributed by atoms with Crippen LogP contribution < -0.4 is 5.32 Å². The average Bonchev–Trinajstić information content (AvgIpc) is 3.24. The van der Waals surface area contributed by atoms with E-state index in [1.165, 1.54) is 12.1 Å². The first-order valence-corrected chi connectivity index (χ1v) is 8.16. The zero-order valence-electron chi connectivity index (χ0n) is 13.7. The van der Waals surface area contributed by atoms with Crippen molar-refractivity contribution in [1.82, 2.24) is 20.3 Å².